The van der Waals surface area contributed by atoms with Crippen LogP contribution < -0.4 is 0 Å². The van der Waals surface area contributed by atoms with Gasteiger partial charge >= 0.3 is 0 Å². The van der Waals surface area contributed by atoms with Crippen LogP contribution in [0.25, 0.3) is 0 Å². The van der Waals surface area contributed by atoms with Crippen LogP contribution in [-0.4, -0.2) is 0 Å². The van der Waals surface area contributed by atoms with Crippen LogP contribution in [0.15, 0.2) is 12.1 Å². The van der Waals surface area contributed by atoms with Crippen LogP contribution in [0.2, 0.25) is 5.02 Å². The zero-order chi connectivity index (χ0) is 12.8. The normalized spacial score (nSPS) is 17.9. The second-order valence-electron chi connectivity index (χ2n) is 6.07. The fraction of sp³-hybridized carbons (Fsp3) is 0.625. The number of halogens is 1. The molecule has 0 nitrogen and oxygen atoms in total. The molecule has 0 spiro atoms. The van der Waals surface area contributed by atoms with Crippen molar-refractivity contribution >= 4 is 11.6 Å². The van der Waals surface area contributed by atoms with Crippen LogP contribution in [0.1, 0.15) is 50.8 Å². The highest BCUT2D eigenvalue weighted by Crippen LogP contribution is 2.52. The summed E-state index contributed by atoms with van der Waals surface area (Å²) < 4.78 is 0. The van der Waals surface area contributed by atoms with Crippen molar-refractivity contribution in [2.75, 3.05) is 0 Å². The van der Waals surface area contributed by atoms with Gasteiger partial charge < -0.3 is 0 Å². The van der Waals surface area contributed by atoms with Crippen molar-refractivity contribution in [3.05, 3.63) is 33.8 Å². The molecule has 1 heteroatoms. The van der Waals surface area contributed by atoms with Gasteiger partial charge in [0.15, 0.2) is 0 Å². The van der Waals surface area contributed by atoms with Crippen molar-refractivity contribution in [3.63, 3.8) is 0 Å². The first kappa shape index (κ1) is 13.0. The largest absolute Gasteiger partial charge is 0.0840 e. The number of hydrogen-bond donors (Lipinski definition) is 0. The fourth-order valence-corrected chi connectivity index (χ4v) is 4.16. The van der Waals surface area contributed by atoms with Crippen molar-refractivity contribution < 1.29 is 0 Å². The van der Waals surface area contributed by atoms with Crippen molar-refractivity contribution in [3.8, 4) is 0 Å². The molecule has 0 saturated heterocycles. The molecule has 0 amide bonds. The quantitative estimate of drug-likeness (QED) is 0.681. The van der Waals surface area contributed by atoms with Crippen molar-refractivity contribution in [1.82, 2.24) is 0 Å². The Balaban J connectivity index is 2.69. The minimum atomic E-state index is 0.324. The fourth-order valence-electron chi connectivity index (χ4n) is 3.91. The summed E-state index contributed by atoms with van der Waals surface area (Å²) in [7, 11) is 0. The highest BCUT2D eigenvalue weighted by atomic mass is 35.5. The average molecular weight is 251 g/mol. The maximum Gasteiger partial charge on any atom is 0.0441 e. The number of rotatable bonds is 2. The van der Waals surface area contributed by atoms with E-state index < -0.39 is 0 Å². The molecule has 0 bridgehead atoms. The van der Waals surface area contributed by atoms with Gasteiger partial charge in [-0.1, -0.05) is 45.4 Å². The molecule has 0 saturated carbocycles. The predicted octanol–water partition coefficient (Wildman–Crippen LogP) is 5.14. The summed E-state index contributed by atoms with van der Waals surface area (Å²) >= 11 is 6.38. The summed E-state index contributed by atoms with van der Waals surface area (Å²) in [5.74, 6) is 1.34. The molecule has 0 heterocycles. The molecule has 0 N–H and O–H groups in total. The lowest BCUT2D eigenvalue weighted by molar-refractivity contribution is 0.217. The van der Waals surface area contributed by atoms with E-state index in [1.165, 1.54) is 17.5 Å². The van der Waals surface area contributed by atoms with Crippen LogP contribution in [0.4, 0.5) is 0 Å². The third-order valence-corrected chi connectivity index (χ3v) is 5.13. The molecule has 0 fully saturated rings. The molecule has 94 valence electrons. The summed E-state index contributed by atoms with van der Waals surface area (Å²) in [5, 5.41) is 0.966. The Hall–Kier alpha value is -0.490. The van der Waals surface area contributed by atoms with Crippen LogP contribution in [0, 0.1) is 18.8 Å². The predicted molar refractivity (Wildman–Crippen MR) is 75.9 cm³/mol. The molecule has 1 aromatic carbocycles. The Morgan fingerprint density at radius 2 is 1.71 bits per heavy atom. The monoisotopic (exact) mass is 250 g/mol. The first-order valence-corrected chi connectivity index (χ1v) is 7.07. The van der Waals surface area contributed by atoms with Gasteiger partial charge in [-0.3, -0.25) is 0 Å². The number of benzene rings is 1. The van der Waals surface area contributed by atoms with Gasteiger partial charge in [0.1, 0.15) is 0 Å². The molecule has 0 aliphatic heterocycles. The Morgan fingerprint density at radius 1 is 1.12 bits per heavy atom. The van der Waals surface area contributed by atoms with Gasteiger partial charge in [0.05, 0.1) is 0 Å². The Kier molecular flexibility index (Phi) is 3.29. The molecule has 0 unspecified atom stereocenters. The van der Waals surface area contributed by atoms with Crippen LogP contribution in [0.3, 0.4) is 0 Å². The molecular formula is C16H23Cl. The van der Waals surface area contributed by atoms with Gasteiger partial charge in [-0.25, -0.2) is 0 Å². The van der Waals surface area contributed by atoms with E-state index in [1.807, 2.05) is 0 Å². The third-order valence-electron chi connectivity index (χ3n) is 4.78. The molecule has 1 aliphatic rings. The van der Waals surface area contributed by atoms with Gasteiger partial charge in [0.2, 0.25) is 0 Å². The average Bonchev–Trinajstić information content (AvgIpc) is 2.65. The highest BCUT2D eigenvalue weighted by Gasteiger charge is 2.45. The van der Waals surface area contributed by atoms with Crippen LogP contribution in [-0.2, 0) is 11.8 Å². The minimum absolute atomic E-state index is 0.324. The topological polar surface area (TPSA) is 0 Å². The van der Waals surface area contributed by atoms with Gasteiger partial charge in [-0.05, 0) is 54.4 Å². The smallest absolute Gasteiger partial charge is 0.0441 e. The van der Waals surface area contributed by atoms with Crippen LogP contribution in [0.5, 0.6) is 0 Å². The van der Waals surface area contributed by atoms with E-state index in [4.69, 9.17) is 11.6 Å². The second-order valence-corrected chi connectivity index (χ2v) is 6.47. The molecule has 2 rings (SSSR count). The lowest BCUT2D eigenvalue weighted by Gasteiger charge is -2.40. The van der Waals surface area contributed by atoms with E-state index in [0.717, 1.165) is 11.4 Å². The van der Waals surface area contributed by atoms with Crippen LogP contribution >= 0.6 is 11.6 Å². The van der Waals surface area contributed by atoms with E-state index >= 15 is 0 Å². The zero-order valence-corrected chi connectivity index (χ0v) is 12.4. The van der Waals surface area contributed by atoms with Gasteiger partial charge in [-0.15, -0.1) is 0 Å². The minimum Gasteiger partial charge on any atom is -0.0840 e. The summed E-state index contributed by atoms with van der Waals surface area (Å²) in [4.78, 5) is 0. The second kappa shape index (κ2) is 4.31. The lowest BCUT2D eigenvalue weighted by atomic mass is 9.64. The molecule has 0 aromatic heterocycles. The SMILES string of the molecule is Cc1ccc(Cl)c2c1C(C(C)C)(C(C)C)CC2. The number of hydrogen-bond acceptors (Lipinski definition) is 0. The summed E-state index contributed by atoms with van der Waals surface area (Å²) in [6.07, 6.45) is 2.40. The van der Waals surface area contributed by atoms with Crippen molar-refractivity contribution in [1.29, 1.82) is 0 Å². The van der Waals surface area contributed by atoms with Gasteiger partial charge in [0.25, 0.3) is 0 Å². The molecular weight excluding hydrogens is 228 g/mol. The summed E-state index contributed by atoms with van der Waals surface area (Å²) in [6, 6.07) is 4.25. The van der Waals surface area contributed by atoms with E-state index in [-0.39, 0.29) is 0 Å². The van der Waals surface area contributed by atoms with Gasteiger partial charge in [0, 0.05) is 10.4 Å². The molecule has 1 aliphatic carbocycles. The zero-order valence-electron chi connectivity index (χ0n) is 11.6. The highest BCUT2D eigenvalue weighted by molar-refractivity contribution is 6.31. The lowest BCUT2D eigenvalue weighted by Crippen LogP contribution is -2.36. The first-order chi connectivity index (χ1) is 7.91. The maximum atomic E-state index is 6.38. The third kappa shape index (κ3) is 1.73. The standard InChI is InChI=1S/C16H23Cl/c1-10(2)16(11(3)4)9-8-13-14(17)7-6-12(5)15(13)16/h6-7,10-11H,8-9H2,1-5H3. The van der Waals surface area contributed by atoms with Crippen molar-refractivity contribution in [2.24, 2.45) is 11.8 Å². The Labute approximate surface area is 110 Å². The number of aryl methyl sites for hydroxylation is 1. The Morgan fingerprint density at radius 3 is 2.24 bits per heavy atom. The first-order valence-electron chi connectivity index (χ1n) is 6.69. The number of fused-ring (bicyclic) bond motifs is 1. The Bertz CT molecular complexity index is 421. The van der Waals surface area contributed by atoms with Crippen molar-refractivity contribution in [2.45, 2.75) is 52.9 Å². The summed E-state index contributed by atoms with van der Waals surface area (Å²) in [6.45, 7) is 11.7. The molecule has 1 aromatic rings. The summed E-state index contributed by atoms with van der Waals surface area (Å²) in [5.41, 5.74) is 4.71. The molecule has 17 heavy (non-hydrogen) atoms. The van der Waals surface area contributed by atoms with E-state index in [1.54, 1.807) is 5.56 Å². The maximum absolute atomic E-state index is 6.38. The molecule has 0 atom stereocenters. The van der Waals surface area contributed by atoms with E-state index in [9.17, 15) is 0 Å². The molecule has 0 radical (unpaired) electrons. The van der Waals surface area contributed by atoms with Gasteiger partial charge in [-0.2, -0.15) is 0 Å². The van der Waals surface area contributed by atoms with E-state index in [2.05, 4.69) is 46.8 Å². The van der Waals surface area contributed by atoms with E-state index in [0.29, 0.717) is 17.3 Å².